The molecule has 0 amide bonds. The van der Waals surface area contributed by atoms with Gasteiger partial charge in [0.15, 0.2) is 5.82 Å². The van der Waals surface area contributed by atoms with Crippen molar-refractivity contribution in [2.45, 2.75) is 6.92 Å². The summed E-state index contributed by atoms with van der Waals surface area (Å²) in [6.07, 6.45) is 0. The van der Waals surface area contributed by atoms with Gasteiger partial charge in [-0.1, -0.05) is 23.8 Å². The van der Waals surface area contributed by atoms with Gasteiger partial charge in [-0.15, -0.1) is 0 Å². The van der Waals surface area contributed by atoms with Crippen LogP contribution >= 0.6 is 0 Å². The summed E-state index contributed by atoms with van der Waals surface area (Å²) < 4.78 is 0. The molecule has 0 saturated heterocycles. The monoisotopic (exact) mass is 228 g/mol. The maximum absolute atomic E-state index is 4.45. The van der Waals surface area contributed by atoms with E-state index >= 15 is 0 Å². The molecule has 17 heavy (non-hydrogen) atoms. The molecule has 4 nitrogen and oxygen atoms in total. The Bertz CT molecular complexity index is 500. The first-order valence-electron chi connectivity index (χ1n) is 5.54. The smallest absolute Gasteiger partial charge is 0.163 e. The molecule has 0 spiro atoms. The van der Waals surface area contributed by atoms with Crippen molar-refractivity contribution >= 4 is 11.6 Å². The van der Waals surface area contributed by atoms with Crippen LogP contribution in [-0.2, 0) is 0 Å². The van der Waals surface area contributed by atoms with E-state index < -0.39 is 0 Å². The van der Waals surface area contributed by atoms with Crippen molar-refractivity contribution < 1.29 is 0 Å². The number of hydrogen-bond acceptors (Lipinski definition) is 4. The van der Waals surface area contributed by atoms with Gasteiger partial charge in [0.1, 0.15) is 11.6 Å². The zero-order valence-electron chi connectivity index (χ0n) is 10.3. The van der Waals surface area contributed by atoms with Crippen molar-refractivity contribution in [3.63, 3.8) is 0 Å². The summed E-state index contributed by atoms with van der Waals surface area (Å²) in [7, 11) is 3.70. The Hall–Kier alpha value is -2.10. The van der Waals surface area contributed by atoms with Crippen LogP contribution in [0.25, 0.3) is 11.4 Å². The fourth-order valence-corrected chi connectivity index (χ4v) is 1.62. The predicted octanol–water partition coefficient (Wildman–Crippen LogP) is 2.54. The second kappa shape index (κ2) is 4.82. The van der Waals surface area contributed by atoms with E-state index in [-0.39, 0.29) is 0 Å². The minimum absolute atomic E-state index is 0.727. The van der Waals surface area contributed by atoms with Crippen LogP contribution in [0.3, 0.4) is 0 Å². The van der Waals surface area contributed by atoms with Crippen LogP contribution in [0, 0.1) is 6.92 Å². The fraction of sp³-hybridized carbons (Fsp3) is 0.231. The molecule has 88 valence electrons. The molecule has 2 N–H and O–H groups in total. The maximum atomic E-state index is 4.45. The van der Waals surface area contributed by atoms with Gasteiger partial charge >= 0.3 is 0 Å². The van der Waals surface area contributed by atoms with E-state index in [0.29, 0.717) is 0 Å². The molecular weight excluding hydrogens is 212 g/mol. The summed E-state index contributed by atoms with van der Waals surface area (Å²) >= 11 is 0. The van der Waals surface area contributed by atoms with Crippen molar-refractivity contribution in [3.8, 4) is 11.4 Å². The Morgan fingerprint density at radius 1 is 0.941 bits per heavy atom. The largest absolute Gasteiger partial charge is 0.373 e. The predicted molar refractivity (Wildman–Crippen MR) is 71.3 cm³/mol. The molecule has 1 heterocycles. The lowest BCUT2D eigenvalue weighted by Crippen LogP contribution is -2.01. The third-order valence-corrected chi connectivity index (χ3v) is 2.51. The SMILES string of the molecule is CNc1cc(NC)nc(-c2cccc(C)c2)n1. The highest BCUT2D eigenvalue weighted by molar-refractivity contribution is 5.61. The number of nitrogens with zero attached hydrogens (tertiary/aromatic N) is 2. The first-order chi connectivity index (χ1) is 8.22. The van der Waals surface area contributed by atoms with Crippen LogP contribution in [0.4, 0.5) is 11.6 Å². The molecule has 0 unspecified atom stereocenters. The van der Waals surface area contributed by atoms with E-state index in [4.69, 9.17) is 0 Å². The first-order valence-corrected chi connectivity index (χ1v) is 5.54. The summed E-state index contributed by atoms with van der Waals surface area (Å²) in [5.74, 6) is 2.34. The van der Waals surface area contributed by atoms with Gasteiger partial charge in [-0.2, -0.15) is 0 Å². The second-order valence-electron chi connectivity index (χ2n) is 3.83. The Balaban J connectivity index is 2.50. The summed E-state index contributed by atoms with van der Waals surface area (Å²) in [5.41, 5.74) is 2.23. The fourth-order valence-electron chi connectivity index (χ4n) is 1.62. The van der Waals surface area contributed by atoms with Crippen molar-refractivity contribution in [1.82, 2.24) is 9.97 Å². The molecule has 0 aliphatic carbocycles. The van der Waals surface area contributed by atoms with E-state index in [1.165, 1.54) is 5.56 Å². The van der Waals surface area contributed by atoms with Crippen LogP contribution in [0.2, 0.25) is 0 Å². The maximum Gasteiger partial charge on any atom is 0.163 e. The Kier molecular flexibility index (Phi) is 3.23. The summed E-state index contributed by atoms with van der Waals surface area (Å²) in [6.45, 7) is 2.06. The minimum atomic E-state index is 0.727. The molecule has 1 aromatic carbocycles. The minimum Gasteiger partial charge on any atom is -0.373 e. The summed E-state index contributed by atoms with van der Waals surface area (Å²) in [6, 6.07) is 10.0. The molecule has 0 atom stereocenters. The number of aromatic nitrogens is 2. The zero-order valence-corrected chi connectivity index (χ0v) is 10.3. The molecule has 0 saturated carbocycles. The van der Waals surface area contributed by atoms with Crippen molar-refractivity contribution in [3.05, 3.63) is 35.9 Å². The number of rotatable bonds is 3. The van der Waals surface area contributed by atoms with Crippen LogP contribution in [0.5, 0.6) is 0 Å². The molecule has 0 fully saturated rings. The topological polar surface area (TPSA) is 49.8 Å². The molecule has 2 aromatic rings. The van der Waals surface area contributed by atoms with Gasteiger partial charge in [-0.05, 0) is 13.0 Å². The Morgan fingerprint density at radius 2 is 1.59 bits per heavy atom. The van der Waals surface area contributed by atoms with Gasteiger partial charge in [0.2, 0.25) is 0 Å². The standard InChI is InChI=1S/C13H16N4/c1-9-5-4-6-10(7-9)13-16-11(14-2)8-12(15-3)17-13/h4-8H,1-3H3,(H2,14,15,16,17). The molecule has 0 aliphatic heterocycles. The highest BCUT2D eigenvalue weighted by Crippen LogP contribution is 2.20. The van der Waals surface area contributed by atoms with Crippen LogP contribution in [-0.4, -0.2) is 24.1 Å². The van der Waals surface area contributed by atoms with E-state index in [0.717, 1.165) is 23.0 Å². The third kappa shape index (κ3) is 2.53. The number of nitrogens with one attached hydrogen (secondary N) is 2. The number of hydrogen-bond donors (Lipinski definition) is 2. The number of anilines is 2. The van der Waals surface area contributed by atoms with E-state index in [9.17, 15) is 0 Å². The first kappa shape index (κ1) is 11.4. The molecule has 4 heteroatoms. The summed E-state index contributed by atoms with van der Waals surface area (Å²) in [5, 5.41) is 6.07. The van der Waals surface area contributed by atoms with Crippen molar-refractivity contribution in [1.29, 1.82) is 0 Å². The number of aryl methyl sites for hydroxylation is 1. The lowest BCUT2D eigenvalue weighted by Gasteiger charge is -2.07. The molecular formula is C13H16N4. The summed E-state index contributed by atoms with van der Waals surface area (Å²) in [4.78, 5) is 8.90. The Morgan fingerprint density at radius 3 is 2.12 bits per heavy atom. The lowest BCUT2D eigenvalue weighted by molar-refractivity contribution is 1.16. The van der Waals surface area contributed by atoms with Crippen molar-refractivity contribution in [2.24, 2.45) is 0 Å². The quantitative estimate of drug-likeness (QED) is 0.847. The molecule has 2 rings (SSSR count). The molecule has 0 bridgehead atoms. The van der Waals surface area contributed by atoms with E-state index in [2.05, 4.69) is 39.7 Å². The van der Waals surface area contributed by atoms with E-state index in [1.54, 1.807) is 0 Å². The van der Waals surface area contributed by atoms with Crippen LogP contribution < -0.4 is 10.6 Å². The average Bonchev–Trinajstić information content (AvgIpc) is 2.38. The van der Waals surface area contributed by atoms with Gasteiger partial charge in [0.05, 0.1) is 0 Å². The third-order valence-electron chi connectivity index (χ3n) is 2.51. The highest BCUT2D eigenvalue weighted by atomic mass is 15.1. The zero-order chi connectivity index (χ0) is 12.3. The molecule has 0 aliphatic rings. The van der Waals surface area contributed by atoms with Gasteiger partial charge in [0.25, 0.3) is 0 Å². The van der Waals surface area contributed by atoms with Crippen LogP contribution in [0.1, 0.15) is 5.56 Å². The van der Waals surface area contributed by atoms with Gasteiger partial charge in [-0.25, -0.2) is 9.97 Å². The van der Waals surface area contributed by atoms with Crippen molar-refractivity contribution in [2.75, 3.05) is 24.7 Å². The van der Waals surface area contributed by atoms with Gasteiger partial charge in [-0.3, -0.25) is 0 Å². The Labute approximate surface area is 101 Å². The van der Waals surface area contributed by atoms with Crippen LogP contribution in [0.15, 0.2) is 30.3 Å². The number of benzene rings is 1. The van der Waals surface area contributed by atoms with E-state index in [1.807, 2.05) is 32.3 Å². The van der Waals surface area contributed by atoms with Gasteiger partial charge in [0, 0.05) is 25.7 Å². The average molecular weight is 228 g/mol. The highest BCUT2D eigenvalue weighted by Gasteiger charge is 2.05. The molecule has 0 radical (unpaired) electrons. The lowest BCUT2D eigenvalue weighted by atomic mass is 10.1. The van der Waals surface area contributed by atoms with Gasteiger partial charge < -0.3 is 10.6 Å². The second-order valence-corrected chi connectivity index (χ2v) is 3.83. The normalized spacial score (nSPS) is 10.1. The molecule has 1 aromatic heterocycles.